The summed E-state index contributed by atoms with van der Waals surface area (Å²) in [7, 11) is 0. The minimum atomic E-state index is -1.83. The van der Waals surface area contributed by atoms with E-state index in [1.165, 1.54) is 0 Å². The lowest BCUT2D eigenvalue weighted by atomic mass is 9.99. The number of aliphatic carboxylic acids is 3. The molecule has 13 nitrogen and oxygen atoms in total. The van der Waals surface area contributed by atoms with E-state index in [0.717, 1.165) is 0 Å². The molecule has 13 heteroatoms. The zero-order valence-electron chi connectivity index (χ0n) is 17.7. The van der Waals surface area contributed by atoms with Crippen molar-refractivity contribution in [1.29, 1.82) is 0 Å². The van der Waals surface area contributed by atoms with Gasteiger partial charge in [0, 0.05) is 0 Å². The number of rotatable bonds is 13. The number of carboxylic acid groups (broad SMARTS) is 3. The van der Waals surface area contributed by atoms with Gasteiger partial charge in [0.15, 0.2) is 0 Å². The van der Waals surface area contributed by atoms with Crippen LogP contribution in [0.25, 0.3) is 0 Å². The van der Waals surface area contributed by atoms with Gasteiger partial charge in [-0.25, -0.2) is 4.79 Å². The molecule has 0 aromatic rings. The van der Waals surface area contributed by atoms with Crippen molar-refractivity contribution in [2.45, 2.75) is 64.7 Å². The Hall–Kier alpha value is -3.22. The number of carbonyl (C=O) groups excluding carboxylic acids is 3. The van der Waals surface area contributed by atoms with Crippen LogP contribution < -0.4 is 21.7 Å². The van der Waals surface area contributed by atoms with Gasteiger partial charge in [-0.1, -0.05) is 27.7 Å². The molecule has 8 N–H and O–H groups in total. The lowest BCUT2D eigenvalue weighted by Crippen LogP contribution is -2.59. The fourth-order valence-electron chi connectivity index (χ4n) is 2.38. The molecule has 0 saturated carbocycles. The van der Waals surface area contributed by atoms with Crippen molar-refractivity contribution in [3.05, 3.63) is 0 Å². The topological polar surface area (TPSA) is 225 Å². The van der Waals surface area contributed by atoms with Crippen LogP contribution in [-0.2, 0) is 28.8 Å². The molecule has 31 heavy (non-hydrogen) atoms. The summed E-state index contributed by atoms with van der Waals surface area (Å²) in [4.78, 5) is 70.2. The van der Waals surface area contributed by atoms with E-state index in [0.29, 0.717) is 0 Å². The molecular formula is C18H30N4O9. The SMILES string of the molecule is CC(C)C(N)C(=O)NC(C(=O)NC(CC(=O)O)C(=O)NC(CC(=O)O)C(=O)O)C(C)C. The van der Waals surface area contributed by atoms with E-state index in [9.17, 15) is 28.8 Å². The minimum absolute atomic E-state index is 0.219. The number of nitrogens with two attached hydrogens (primary N) is 1. The summed E-state index contributed by atoms with van der Waals surface area (Å²) in [6, 6.07) is -5.60. The molecular weight excluding hydrogens is 416 g/mol. The van der Waals surface area contributed by atoms with Crippen molar-refractivity contribution in [2.75, 3.05) is 0 Å². The highest BCUT2D eigenvalue weighted by molar-refractivity contribution is 5.96. The fraction of sp³-hybridized carbons (Fsp3) is 0.667. The second kappa shape index (κ2) is 12.5. The Bertz CT molecular complexity index is 708. The lowest BCUT2D eigenvalue weighted by Gasteiger charge is -2.27. The van der Waals surface area contributed by atoms with Crippen molar-refractivity contribution < 1.29 is 44.1 Å². The number of hydrogen-bond donors (Lipinski definition) is 7. The predicted molar refractivity (Wildman–Crippen MR) is 106 cm³/mol. The van der Waals surface area contributed by atoms with Gasteiger partial charge in [-0.3, -0.25) is 24.0 Å². The zero-order chi connectivity index (χ0) is 24.5. The third-order valence-corrected chi connectivity index (χ3v) is 4.27. The first-order valence-corrected chi connectivity index (χ1v) is 9.50. The first kappa shape index (κ1) is 27.8. The Morgan fingerprint density at radius 3 is 1.52 bits per heavy atom. The number of hydrogen-bond acceptors (Lipinski definition) is 7. The molecule has 0 aromatic carbocycles. The number of carbonyl (C=O) groups is 6. The molecule has 0 saturated heterocycles. The summed E-state index contributed by atoms with van der Waals surface area (Å²) < 4.78 is 0. The molecule has 0 spiro atoms. The standard InChI is InChI=1S/C18H30N4O9/c1-7(2)13(19)16(28)22-14(8(3)4)17(29)20-9(5-11(23)24)15(27)21-10(18(30)31)6-12(25)26/h7-10,13-14H,5-6,19H2,1-4H3,(H,20,29)(H,21,27)(H,22,28)(H,23,24)(H,25,26)(H,30,31). The van der Waals surface area contributed by atoms with Gasteiger partial charge in [0.05, 0.1) is 18.9 Å². The van der Waals surface area contributed by atoms with Gasteiger partial charge in [0.2, 0.25) is 17.7 Å². The van der Waals surface area contributed by atoms with Crippen molar-refractivity contribution in [3.8, 4) is 0 Å². The molecule has 3 amide bonds. The second-order valence-electron chi connectivity index (χ2n) is 7.66. The van der Waals surface area contributed by atoms with Crippen LogP contribution in [0.15, 0.2) is 0 Å². The fourth-order valence-corrected chi connectivity index (χ4v) is 2.38. The average molecular weight is 446 g/mol. The first-order chi connectivity index (χ1) is 14.2. The van der Waals surface area contributed by atoms with Crippen LogP contribution in [0.3, 0.4) is 0 Å². The Morgan fingerprint density at radius 1 is 0.677 bits per heavy atom. The van der Waals surface area contributed by atoms with Crippen molar-refractivity contribution in [2.24, 2.45) is 17.6 Å². The molecule has 4 unspecified atom stereocenters. The smallest absolute Gasteiger partial charge is 0.326 e. The second-order valence-corrected chi connectivity index (χ2v) is 7.66. The largest absolute Gasteiger partial charge is 0.481 e. The van der Waals surface area contributed by atoms with Gasteiger partial charge in [-0.05, 0) is 11.8 Å². The van der Waals surface area contributed by atoms with Crippen molar-refractivity contribution >= 4 is 35.6 Å². The van der Waals surface area contributed by atoms with Crippen LogP contribution in [0.2, 0.25) is 0 Å². The summed E-state index contributed by atoms with van der Waals surface area (Å²) in [5, 5.41) is 33.3. The summed E-state index contributed by atoms with van der Waals surface area (Å²) in [6.07, 6.45) is -1.85. The first-order valence-electron chi connectivity index (χ1n) is 9.50. The summed E-state index contributed by atoms with van der Waals surface area (Å²) >= 11 is 0. The van der Waals surface area contributed by atoms with Gasteiger partial charge in [-0.2, -0.15) is 0 Å². The van der Waals surface area contributed by atoms with Crippen LogP contribution in [0.1, 0.15) is 40.5 Å². The molecule has 0 bridgehead atoms. The molecule has 4 atom stereocenters. The lowest BCUT2D eigenvalue weighted by molar-refractivity contribution is -0.148. The van der Waals surface area contributed by atoms with Gasteiger partial charge in [0.1, 0.15) is 18.1 Å². The van der Waals surface area contributed by atoms with Gasteiger partial charge in [-0.15, -0.1) is 0 Å². The normalized spacial score (nSPS) is 14.8. The van der Waals surface area contributed by atoms with Crippen molar-refractivity contribution in [3.63, 3.8) is 0 Å². The van der Waals surface area contributed by atoms with Crippen LogP contribution in [0.4, 0.5) is 0 Å². The van der Waals surface area contributed by atoms with E-state index in [-0.39, 0.29) is 5.92 Å². The van der Waals surface area contributed by atoms with E-state index in [2.05, 4.69) is 10.6 Å². The van der Waals surface area contributed by atoms with Gasteiger partial charge >= 0.3 is 17.9 Å². The van der Waals surface area contributed by atoms with Gasteiger partial charge < -0.3 is 37.0 Å². The van der Waals surface area contributed by atoms with Crippen LogP contribution >= 0.6 is 0 Å². The molecule has 0 heterocycles. The highest BCUT2D eigenvalue weighted by Gasteiger charge is 2.33. The van der Waals surface area contributed by atoms with Crippen molar-refractivity contribution in [1.82, 2.24) is 16.0 Å². The van der Waals surface area contributed by atoms with E-state index < -0.39 is 78.6 Å². The Morgan fingerprint density at radius 2 is 1.13 bits per heavy atom. The highest BCUT2D eigenvalue weighted by atomic mass is 16.4. The number of carboxylic acids is 3. The molecule has 0 aromatic heterocycles. The van der Waals surface area contributed by atoms with E-state index in [4.69, 9.17) is 21.1 Å². The minimum Gasteiger partial charge on any atom is -0.481 e. The maximum Gasteiger partial charge on any atom is 0.326 e. The molecule has 0 aliphatic heterocycles. The molecule has 0 rings (SSSR count). The van der Waals surface area contributed by atoms with E-state index in [1.807, 2.05) is 5.32 Å². The molecule has 0 radical (unpaired) electrons. The Kier molecular flexibility index (Phi) is 11.2. The molecule has 0 fully saturated rings. The van der Waals surface area contributed by atoms with E-state index in [1.54, 1.807) is 27.7 Å². The number of nitrogens with one attached hydrogen (secondary N) is 3. The third kappa shape index (κ3) is 9.89. The molecule has 0 aliphatic carbocycles. The van der Waals surface area contributed by atoms with Crippen LogP contribution in [-0.4, -0.2) is 75.1 Å². The quantitative estimate of drug-likeness (QED) is 0.166. The number of amides is 3. The summed E-state index contributed by atoms with van der Waals surface area (Å²) in [5.74, 6) is -8.00. The van der Waals surface area contributed by atoms with Gasteiger partial charge in [0.25, 0.3) is 0 Å². The Balaban J connectivity index is 5.49. The third-order valence-electron chi connectivity index (χ3n) is 4.27. The predicted octanol–water partition coefficient (Wildman–Crippen LogP) is -1.89. The average Bonchev–Trinajstić information content (AvgIpc) is 2.62. The van der Waals surface area contributed by atoms with Crippen LogP contribution in [0, 0.1) is 11.8 Å². The Labute approximate surface area is 178 Å². The highest BCUT2D eigenvalue weighted by Crippen LogP contribution is 2.07. The maximum absolute atomic E-state index is 12.7. The molecule has 0 aliphatic rings. The summed E-state index contributed by atoms with van der Waals surface area (Å²) in [5.41, 5.74) is 5.76. The molecule has 176 valence electrons. The van der Waals surface area contributed by atoms with E-state index >= 15 is 0 Å². The maximum atomic E-state index is 12.7. The monoisotopic (exact) mass is 446 g/mol. The van der Waals surface area contributed by atoms with Crippen LogP contribution in [0.5, 0.6) is 0 Å². The zero-order valence-corrected chi connectivity index (χ0v) is 17.7. The summed E-state index contributed by atoms with van der Waals surface area (Å²) in [6.45, 7) is 6.62.